The topological polar surface area (TPSA) is 40.9 Å². The zero-order valence-corrected chi connectivity index (χ0v) is 6.47. The molecule has 0 amide bonds. The summed E-state index contributed by atoms with van der Waals surface area (Å²) in [6, 6.07) is 4.26. The maximum atomic E-state index is 12.8. The van der Waals surface area contributed by atoms with Crippen molar-refractivity contribution in [2.24, 2.45) is 0 Å². The Balaban J connectivity index is 3.48. The number of nitrogens with zero attached hydrogens (tertiary/aromatic N) is 1. The molecular weight excluding hydrogens is 157 g/mol. The second-order valence-electron chi connectivity index (χ2n) is 2.37. The minimum Gasteiger partial charge on any atom is -0.298 e. The van der Waals surface area contributed by atoms with Gasteiger partial charge in [-0.1, -0.05) is 0 Å². The van der Waals surface area contributed by atoms with Crippen LogP contribution < -0.4 is 0 Å². The van der Waals surface area contributed by atoms with Crippen molar-refractivity contribution in [1.82, 2.24) is 0 Å². The van der Waals surface area contributed by atoms with Crippen LogP contribution in [0.2, 0.25) is 0 Å². The molecular formula is C9H6FNO. The van der Waals surface area contributed by atoms with Crippen molar-refractivity contribution in [2.75, 3.05) is 0 Å². The molecule has 0 spiro atoms. The van der Waals surface area contributed by atoms with Crippen molar-refractivity contribution in [2.45, 2.75) is 6.92 Å². The largest absolute Gasteiger partial charge is 0.298 e. The van der Waals surface area contributed by atoms with E-state index in [9.17, 15) is 9.18 Å². The predicted molar refractivity (Wildman–Crippen MR) is 41.2 cm³/mol. The Hall–Kier alpha value is -1.69. The fourth-order valence-corrected chi connectivity index (χ4v) is 0.954. The van der Waals surface area contributed by atoms with Crippen LogP contribution >= 0.6 is 0 Å². The summed E-state index contributed by atoms with van der Waals surface area (Å²) in [6.45, 7) is 1.47. The second kappa shape index (κ2) is 3.14. The Kier molecular flexibility index (Phi) is 2.20. The molecule has 3 heteroatoms. The SMILES string of the molecule is Cc1c(F)ccc(C=O)c1C#N. The maximum Gasteiger partial charge on any atom is 0.151 e. The predicted octanol–water partition coefficient (Wildman–Crippen LogP) is 1.82. The molecule has 0 aliphatic carbocycles. The summed E-state index contributed by atoms with van der Waals surface area (Å²) < 4.78 is 12.8. The van der Waals surface area contributed by atoms with E-state index in [1.165, 1.54) is 19.1 Å². The van der Waals surface area contributed by atoms with Crippen molar-refractivity contribution in [3.63, 3.8) is 0 Å². The van der Waals surface area contributed by atoms with Gasteiger partial charge in [0.05, 0.1) is 5.56 Å². The fraction of sp³-hybridized carbons (Fsp3) is 0.111. The first-order valence-corrected chi connectivity index (χ1v) is 3.35. The van der Waals surface area contributed by atoms with Gasteiger partial charge in [-0.2, -0.15) is 5.26 Å². The number of aldehydes is 1. The molecule has 0 saturated carbocycles. The van der Waals surface area contributed by atoms with Crippen molar-refractivity contribution >= 4 is 6.29 Å². The van der Waals surface area contributed by atoms with Crippen LogP contribution in [0.25, 0.3) is 0 Å². The van der Waals surface area contributed by atoms with Crippen molar-refractivity contribution < 1.29 is 9.18 Å². The number of hydrogen-bond donors (Lipinski definition) is 0. The van der Waals surface area contributed by atoms with Crippen LogP contribution in [0.4, 0.5) is 4.39 Å². The molecule has 0 radical (unpaired) electrons. The number of benzene rings is 1. The Morgan fingerprint density at radius 1 is 1.58 bits per heavy atom. The molecule has 1 rings (SSSR count). The van der Waals surface area contributed by atoms with Gasteiger partial charge in [-0.3, -0.25) is 4.79 Å². The van der Waals surface area contributed by atoms with Gasteiger partial charge in [-0.25, -0.2) is 4.39 Å². The second-order valence-corrected chi connectivity index (χ2v) is 2.37. The number of rotatable bonds is 1. The molecule has 0 aliphatic heterocycles. The molecule has 0 heterocycles. The number of hydrogen-bond acceptors (Lipinski definition) is 2. The average molecular weight is 163 g/mol. The highest BCUT2D eigenvalue weighted by atomic mass is 19.1. The van der Waals surface area contributed by atoms with Crippen LogP contribution in [-0.2, 0) is 0 Å². The van der Waals surface area contributed by atoms with Gasteiger partial charge < -0.3 is 0 Å². The smallest absolute Gasteiger partial charge is 0.151 e. The van der Waals surface area contributed by atoms with E-state index in [0.717, 1.165) is 0 Å². The zero-order chi connectivity index (χ0) is 9.14. The van der Waals surface area contributed by atoms with Crippen LogP contribution in [0.3, 0.4) is 0 Å². The van der Waals surface area contributed by atoms with Crippen LogP contribution in [0.1, 0.15) is 21.5 Å². The Morgan fingerprint density at radius 2 is 2.25 bits per heavy atom. The fourth-order valence-electron chi connectivity index (χ4n) is 0.954. The summed E-state index contributed by atoms with van der Waals surface area (Å²) in [5.74, 6) is -0.461. The van der Waals surface area contributed by atoms with Crippen molar-refractivity contribution in [3.05, 3.63) is 34.6 Å². The van der Waals surface area contributed by atoms with Crippen LogP contribution in [0.15, 0.2) is 12.1 Å². The molecule has 1 aromatic carbocycles. The van der Waals surface area contributed by atoms with Crippen LogP contribution in [-0.4, -0.2) is 6.29 Å². The third kappa shape index (κ3) is 1.19. The molecule has 0 aromatic heterocycles. The van der Waals surface area contributed by atoms with E-state index in [4.69, 9.17) is 5.26 Å². The highest BCUT2D eigenvalue weighted by molar-refractivity contribution is 5.79. The van der Waals surface area contributed by atoms with Gasteiger partial charge in [-0.15, -0.1) is 0 Å². The summed E-state index contributed by atoms with van der Waals surface area (Å²) in [5.41, 5.74) is 0.573. The van der Waals surface area contributed by atoms with E-state index in [-0.39, 0.29) is 16.7 Å². The number of carbonyl (C=O) groups excluding carboxylic acids is 1. The standard InChI is InChI=1S/C9H6FNO/c1-6-8(4-11)7(5-12)2-3-9(6)10/h2-3,5H,1H3. The van der Waals surface area contributed by atoms with Gasteiger partial charge in [0.1, 0.15) is 11.9 Å². The van der Waals surface area contributed by atoms with E-state index in [0.29, 0.717) is 6.29 Å². The Bertz CT molecular complexity index is 366. The quantitative estimate of drug-likeness (QED) is 0.592. The molecule has 1 aromatic rings. The lowest BCUT2D eigenvalue weighted by atomic mass is 10.0. The number of halogens is 1. The molecule has 0 bridgehead atoms. The lowest BCUT2D eigenvalue weighted by molar-refractivity contribution is 0.112. The van der Waals surface area contributed by atoms with E-state index in [1.807, 2.05) is 0 Å². The Labute approximate surface area is 69.2 Å². The molecule has 0 aliphatic rings. The molecule has 12 heavy (non-hydrogen) atoms. The first-order chi connectivity index (χ1) is 5.70. The van der Waals surface area contributed by atoms with E-state index in [2.05, 4.69) is 0 Å². The summed E-state index contributed by atoms with van der Waals surface area (Å²) in [4.78, 5) is 10.4. The molecule has 0 unspecified atom stereocenters. The first kappa shape index (κ1) is 8.41. The highest BCUT2D eigenvalue weighted by Gasteiger charge is 2.07. The van der Waals surface area contributed by atoms with E-state index < -0.39 is 5.82 Å². The van der Waals surface area contributed by atoms with Crippen molar-refractivity contribution in [1.29, 1.82) is 5.26 Å². The van der Waals surface area contributed by atoms with Crippen LogP contribution in [0, 0.1) is 24.1 Å². The molecule has 0 atom stereocenters. The van der Waals surface area contributed by atoms with E-state index in [1.54, 1.807) is 6.07 Å². The summed E-state index contributed by atoms with van der Waals surface area (Å²) >= 11 is 0. The minimum absolute atomic E-state index is 0.116. The number of carbonyl (C=O) groups is 1. The van der Waals surface area contributed by atoms with Gasteiger partial charge in [0.2, 0.25) is 0 Å². The van der Waals surface area contributed by atoms with Gasteiger partial charge >= 0.3 is 0 Å². The first-order valence-electron chi connectivity index (χ1n) is 3.35. The minimum atomic E-state index is -0.461. The van der Waals surface area contributed by atoms with Crippen LogP contribution in [0.5, 0.6) is 0 Å². The van der Waals surface area contributed by atoms with Gasteiger partial charge in [-0.05, 0) is 19.1 Å². The van der Waals surface area contributed by atoms with Gasteiger partial charge in [0.15, 0.2) is 6.29 Å². The third-order valence-corrected chi connectivity index (χ3v) is 1.67. The lowest BCUT2D eigenvalue weighted by Crippen LogP contribution is -1.94. The number of nitriles is 1. The Morgan fingerprint density at radius 3 is 2.75 bits per heavy atom. The summed E-state index contributed by atoms with van der Waals surface area (Å²) in [7, 11) is 0. The normalized spacial score (nSPS) is 9.08. The summed E-state index contributed by atoms with van der Waals surface area (Å²) in [6.07, 6.45) is 0.547. The van der Waals surface area contributed by atoms with Gasteiger partial charge in [0, 0.05) is 11.1 Å². The molecule has 0 saturated heterocycles. The molecule has 2 nitrogen and oxygen atoms in total. The lowest BCUT2D eigenvalue weighted by Gasteiger charge is -2.00. The van der Waals surface area contributed by atoms with Gasteiger partial charge in [0.25, 0.3) is 0 Å². The molecule has 60 valence electrons. The zero-order valence-electron chi connectivity index (χ0n) is 6.47. The highest BCUT2D eigenvalue weighted by Crippen LogP contribution is 2.14. The third-order valence-electron chi connectivity index (χ3n) is 1.67. The monoisotopic (exact) mass is 163 g/mol. The average Bonchev–Trinajstić information content (AvgIpc) is 2.09. The molecule has 0 fully saturated rings. The maximum absolute atomic E-state index is 12.8. The van der Waals surface area contributed by atoms with E-state index >= 15 is 0 Å². The summed E-state index contributed by atoms with van der Waals surface area (Å²) in [5, 5.41) is 8.58. The molecule has 0 N–H and O–H groups in total. The van der Waals surface area contributed by atoms with Crippen molar-refractivity contribution in [3.8, 4) is 6.07 Å².